The number of rotatable bonds is 4. The number of carbonyl (C=O) groups is 2. The van der Waals surface area contributed by atoms with Gasteiger partial charge in [-0.1, -0.05) is 0 Å². The minimum atomic E-state index is -4.81. The van der Waals surface area contributed by atoms with Gasteiger partial charge in [0.15, 0.2) is 11.6 Å². The van der Waals surface area contributed by atoms with E-state index in [1.165, 1.54) is 29.6 Å². The second-order valence-electron chi connectivity index (χ2n) is 7.07. The molecule has 0 saturated carbocycles. The van der Waals surface area contributed by atoms with Crippen LogP contribution in [0.4, 0.5) is 35.3 Å². The molecule has 0 aromatic carbocycles. The molecule has 31 heavy (non-hydrogen) atoms. The Morgan fingerprint density at radius 2 is 2.10 bits per heavy atom. The number of aromatic nitrogens is 3. The van der Waals surface area contributed by atoms with E-state index in [-0.39, 0.29) is 23.4 Å². The van der Waals surface area contributed by atoms with Crippen LogP contribution in [0.25, 0.3) is 0 Å². The van der Waals surface area contributed by atoms with Gasteiger partial charge in [-0.25, -0.2) is 14.8 Å². The highest BCUT2D eigenvalue weighted by Crippen LogP contribution is 2.39. The minimum Gasteiger partial charge on any atom is -0.394 e. The van der Waals surface area contributed by atoms with Crippen molar-refractivity contribution in [2.24, 2.45) is 0 Å². The van der Waals surface area contributed by atoms with Crippen LogP contribution in [0.2, 0.25) is 0 Å². The lowest BCUT2D eigenvalue weighted by Gasteiger charge is -2.35. The van der Waals surface area contributed by atoms with Crippen molar-refractivity contribution in [3.8, 4) is 0 Å². The maximum Gasteiger partial charge on any atom is 0.410 e. The number of aliphatic hydroxyl groups is 1. The fourth-order valence-electron chi connectivity index (χ4n) is 3.59. The average molecular weight is 437 g/mol. The zero-order valence-corrected chi connectivity index (χ0v) is 16.0. The van der Waals surface area contributed by atoms with Crippen LogP contribution in [0.5, 0.6) is 0 Å². The highest BCUT2D eigenvalue weighted by atomic mass is 19.4. The summed E-state index contributed by atoms with van der Waals surface area (Å²) in [6.45, 7) is -0.0715. The molecule has 0 spiro atoms. The maximum atomic E-state index is 13.0. The van der Waals surface area contributed by atoms with E-state index in [0.717, 1.165) is 0 Å². The molecule has 10 nitrogen and oxygen atoms in total. The van der Waals surface area contributed by atoms with Crippen molar-refractivity contribution in [2.75, 3.05) is 34.8 Å². The van der Waals surface area contributed by atoms with E-state index in [9.17, 15) is 22.8 Å². The van der Waals surface area contributed by atoms with Crippen LogP contribution >= 0.6 is 0 Å². The Balaban J connectivity index is 1.63. The summed E-state index contributed by atoms with van der Waals surface area (Å²) >= 11 is 0. The van der Waals surface area contributed by atoms with Crippen molar-refractivity contribution in [2.45, 2.75) is 24.7 Å². The van der Waals surface area contributed by atoms with Gasteiger partial charge < -0.3 is 15.3 Å². The number of hydrogen-bond donors (Lipinski definition) is 3. The second-order valence-corrected chi connectivity index (χ2v) is 7.07. The summed E-state index contributed by atoms with van der Waals surface area (Å²) < 4.78 is 38.6. The molecule has 164 valence electrons. The molecule has 2 aliphatic heterocycles. The van der Waals surface area contributed by atoms with Gasteiger partial charge in [0.1, 0.15) is 11.7 Å². The monoisotopic (exact) mass is 437 g/mol. The molecule has 2 aromatic heterocycles. The van der Waals surface area contributed by atoms with Crippen LogP contribution in [0.1, 0.15) is 16.9 Å². The predicted octanol–water partition coefficient (Wildman–Crippen LogP) is 1.16. The molecule has 1 fully saturated rings. The number of amides is 3. The molecule has 2 aliphatic rings. The number of hydrogen-bond acceptors (Lipinski definition) is 7. The molecule has 4 rings (SSSR count). The van der Waals surface area contributed by atoms with Crippen LogP contribution in [0.15, 0.2) is 30.7 Å². The summed E-state index contributed by atoms with van der Waals surface area (Å²) in [6, 6.07) is -0.356. The normalized spacial score (nSPS) is 18.4. The second kappa shape index (κ2) is 7.98. The van der Waals surface area contributed by atoms with Crippen molar-refractivity contribution < 1.29 is 27.9 Å². The quantitative estimate of drug-likeness (QED) is 0.656. The highest BCUT2D eigenvalue weighted by molar-refractivity contribution is 6.04. The number of pyridine rings is 1. The van der Waals surface area contributed by atoms with Gasteiger partial charge in [0, 0.05) is 25.5 Å². The Hall–Kier alpha value is -3.48. The molecular weight excluding hydrogens is 419 g/mol. The number of halogens is 3. The molecule has 0 aliphatic carbocycles. The summed E-state index contributed by atoms with van der Waals surface area (Å²) in [5.74, 6) is -0.726. The third-order valence-corrected chi connectivity index (χ3v) is 5.08. The van der Waals surface area contributed by atoms with Gasteiger partial charge >= 0.3 is 12.2 Å². The molecular formula is C18H18F3N7O3. The van der Waals surface area contributed by atoms with Crippen molar-refractivity contribution in [1.29, 1.82) is 0 Å². The van der Waals surface area contributed by atoms with E-state index in [2.05, 4.69) is 20.3 Å². The van der Waals surface area contributed by atoms with Gasteiger partial charge in [-0.05, 0) is 18.6 Å². The fraction of sp³-hybridized carbons (Fsp3) is 0.389. The van der Waals surface area contributed by atoms with E-state index in [1.807, 2.05) is 4.90 Å². The van der Waals surface area contributed by atoms with Gasteiger partial charge in [0.05, 0.1) is 24.5 Å². The summed E-state index contributed by atoms with van der Waals surface area (Å²) in [5.41, 5.74) is 0.287. The molecule has 2 atom stereocenters. The van der Waals surface area contributed by atoms with Crippen LogP contribution < -0.4 is 20.4 Å². The van der Waals surface area contributed by atoms with Crippen LogP contribution in [-0.2, 0) is 0 Å². The Bertz CT molecular complexity index is 989. The number of anilines is 3. The molecule has 1 unspecified atom stereocenters. The number of nitrogens with zero attached hydrogens (tertiary/aromatic N) is 5. The number of carbonyl (C=O) groups excluding carboxylic acids is 2. The topological polar surface area (TPSA) is 124 Å². The minimum absolute atomic E-state index is 0.162. The van der Waals surface area contributed by atoms with Crippen LogP contribution in [-0.4, -0.2) is 70.0 Å². The van der Waals surface area contributed by atoms with Crippen molar-refractivity contribution in [1.82, 2.24) is 20.3 Å². The lowest BCUT2D eigenvalue weighted by atomic mass is 10.1. The Morgan fingerprint density at radius 1 is 1.29 bits per heavy atom. The largest absolute Gasteiger partial charge is 0.410 e. The van der Waals surface area contributed by atoms with Crippen molar-refractivity contribution in [3.63, 3.8) is 0 Å². The van der Waals surface area contributed by atoms with Crippen molar-refractivity contribution >= 4 is 29.3 Å². The fourth-order valence-corrected chi connectivity index (χ4v) is 3.59. The molecule has 13 heteroatoms. The Labute approximate surface area is 174 Å². The van der Waals surface area contributed by atoms with E-state index in [0.29, 0.717) is 25.2 Å². The smallest absolute Gasteiger partial charge is 0.394 e. The van der Waals surface area contributed by atoms with E-state index >= 15 is 0 Å². The number of urea groups is 1. The first kappa shape index (κ1) is 20.8. The van der Waals surface area contributed by atoms with Gasteiger partial charge in [-0.3, -0.25) is 20.0 Å². The maximum absolute atomic E-state index is 13.0. The van der Waals surface area contributed by atoms with E-state index in [1.54, 1.807) is 11.4 Å². The zero-order valence-electron chi connectivity index (χ0n) is 16.0. The summed E-state index contributed by atoms with van der Waals surface area (Å²) in [4.78, 5) is 40.8. The van der Waals surface area contributed by atoms with Gasteiger partial charge in [0.2, 0.25) is 0 Å². The number of fused-ring (bicyclic) bond motifs is 4. The first-order valence-corrected chi connectivity index (χ1v) is 9.38. The molecule has 0 radical (unpaired) electrons. The zero-order chi connectivity index (χ0) is 22.2. The first-order chi connectivity index (χ1) is 14.8. The van der Waals surface area contributed by atoms with Crippen molar-refractivity contribution in [3.05, 3.63) is 36.4 Å². The van der Waals surface area contributed by atoms with Gasteiger partial charge in [-0.15, -0.1) is 0 Å². The lowest BCUT2D eigenvalue weighted by molar-refractivity contribution is -0.161. The molecule has 1 saturated heterocycles. The van der Waals surface area contributed by atoms with E-state index < -0.39 is 30.8 Å². The van der Waals surface area contributed by atoms with E-state index in [4.69, 9.17) is 5.11 Å². The highest BCUT2D eigenvalue weighted by Gasteiger charge is 2.42. The Kier molecular flexibility index (Phi) is 5.35. The number of aliphatic hydroxyl groups excluding tert-OH is 1. The number of alkyl halides is 3. The molecule has 3 N–H and O–H groups in total. The van der Waals surface area contributed by atoms with Crippen LogP contribution in [0.3, 0.4) is 0 Å². The van der Waals surface area contributed by atoms with Gasteiger partial charge in [0.25, 0.3) is 5.91 Å². The summed E-state index contributed by atoms with van der Waals surface area (Å²) in [7, 11) is 0. The molecule has 2 bridgehead atoms. The molecule has 2 aromatic rings. The predicted molar refractivity (Wildman–Crippen MR) is 103 cm³/mol. The third-order valence-electron chi connectivity index (χ3n) is 5.08. The molecule has 3 amide bonds. The standard InChI is InChI=1S/C18H18F3N7O3/c19-18(20,21)13(9-29)25-16(30)11-1-2-12-15(24-11)28(10-3-6-27(12)8-10)17(31)26-14-7-22-4-5-23-14/h1-2,4-5,7,10,13,29H,3,6,8-9H2,(H,25,30)(H,23,26,31)/t10-,13?/m0/s1. The van der Waals surface area contributed by atoms with Crippen LogP contribution in [0, 0.1) is 0 Å². The SMILES string of the molecule is O=C(NC(CO)C(F)(F)F)c1ccc2c(n1)N(C(=O)Nc1cnccn1)[C@H]1CCN2C1. The van der Waals surface area contributed by atoms with Gasteiger partial charge in [-0.2, -0.15) is 13.2 Å². The third kappa shape index (κ3) is 4.08. The average Bonchev–Trinajstić information content (AvgIpc) is 3.15. The molecule has 4 heterocycles. The number of nitrogens with one attached hydrogen (secondary N) is 2. The Morgan fingerprint density at radius 3 is 2.77 bits per heavy atom. The lowest BCUT2D eigenvalue weighted by Crippen LogP contribution is -2.49. The summed E-state index contributed by atoms with van der Waals surface area (Å²) in [5, 5.41) is 13.3. The summed E-state index contributed by atoms with van der Waals surface area (Å²) in [6.07, 6.45) is 0.0788. The first-order valence-electron chi connectivity index (χ1n) is 9.38.